The molecular weight excluding hydrogens is 460 g/mol. The molecule has 3 aromatic carbocycles. The van der Waals surface area contributed by atoms with Gasteiger partial charge in [0, 0.05) is 28.1 Å². The van der Waals surface area contributed by atoms with Gasteiger partial charge in [-0.2, -0.15) is 0 Å². The molecule has 3 aromatic rings. The second kappa shape index (κ2) is 12.7. The topological polar surface area (TPSA) is 90.5 Å². The van der Waals surface area contributed by atoms with Crippen LogP contribution in [0.4, 0.5) is 17.1 Å². The van der Waals surface area contributed by atoms with Crippen molar-refractivity contribution in [2.24, 2.45) is 0 Å². The van der Waals surface area contributed by atoms with E-state index in [1.807, 2.05) is 66.4 Å². The van der Waals surface area contributed by atoms with Crippen LogP contribution in [0.5, 0.6) is 0 Å². The molecule has 1 unspecified atom stereocenters. The van der Waals surface area contributed by atoms with Gasteiger partial charge < -0.3 is 16.0 Å². The molecule has 35 heavy (non-hydrogen) atoms. The Hall–Kier alpha value is -3.62. The summed E-state index contributed by atoms with van der Waals surface area (Å²) in [6.07, 6.45) is 0. The molecule has 1 atom stereocenters. The molecular formula is C27H30N4O3S. The Bertz CT molecular complexity index is 1150. The van der Waals surface area contributed by atoms with Crippen molar-refractivity contribution in [1.82, 2.24) is 4.90 Å². The second-order valence-electron chi connectivity index (χ2n) is 7.95. The van der Waals surface area contributed by atoms with E-state index in [-0.39, 0.29) is 24.3 Å². The molecule has 3 N–H and O–H groups in total. The van der Waals surface area contributed by atoms with E-state index < -0.39 is 6.04 Å². The standard InChI is InChI=1S/C27H30N4O3S/c1-4-31(18-26(33)29-22-16-14-21(15-17-22)28-20(3)32)19(2)27(34)30-24-12-8-9-13-25(24)35-23-10-6-5-7-11-23/h5-17,19H,4,18H2,1-3H3,(H,28,32)(H,29,33)(H,30,34). The van der Waals surface area contributed by atoms with Crippen molar-refractivity contribution >= 4 is 46.5 Å². The summed E-state index contributed by atoms with van der Waals surface area (Å²) in [5.41, 5.74) is 2.00. The van der Waals surface area contributed by atoms with Crippen molar-refractivity contribution in [3.63, 3.8) is 0 Å². The summed E-state index contributed by atoms with van der Waals surface area (Å²) in [6, 6.07) is 24.0. The van der Waals surface area contributed by atoms with Crippen molar-refractivity contribution < 1.29 is 14.4 Å². The average molecular weight is 491 g/mol. The van der Waals surface area contributed by atoms with E-state index in [4.69, 9.17) is 0 Å². The van der Waals surface area contributed by atoms with Crippen LogP contribution in [0.25, 0.3) is 0 Å². The van der Waals surface area contributed by atoms with E-state index >= 15 is 0 Å². The van der Waals surface area contributed by atoms with Gasteiger partial charge in [-0.3, -0.25) is 19.3 Å². The summed E-state index contributed by atoms with van der Waals surface area (Å²) in [4.78, 5) is 40.7. The maximum atomic E-state index is 13.1. The Morgan fingerprint density at radius 3 is 2.06 bits per heavy atom. The molecule has 0 aliphatic heterocycles. The fraction of sp³-hybridized carbons (Fsp3) is 0.222. The number of carbonyl (C=O) groups is 3. The van der Waals surface area contributed by atoms with Gasteiger partial charge in [0.2, 0.25) is 17.7 Å². The van der Waals surface area contributed by atoms with E-state index in [9.17, 15) is 14.4 Å². The third-order valence-electron chi connectivity index (χ3n) is 5.29. The zero-order chi connectivity index (χ0) is 25.2. The van der Waals surface area contributed by atoms with Gasteiger partial charge in [0.15, 0.2) is 0 Å². The van der Waals surface area contributed by atoms with Gasteiger partial charge in [0.05, 0.1) is 18.3 Å². The Morgan fingerprint density at radius 1 is 0.829 bits per heavy atom. The Morgan fingerprint density at radius 2 is 1.43 bits per heavy atom. The molecule has 0 saturated carbocycles. The minimum absolute atomic E-state index is 0.0684. The number of para-hydroxylation sites is 1. The monoisotopic (exact) mass is 490 g/mol. The molecule has 0 radical (unpaired) electrons. The molecule has 0 heterocycles. The fourth-order valence-corrected chi connectivity index (χ4v) is 4.35. The molecule has 0 bridgehead atoms. The molecule has 0 saturated heterocycles. The summed E-state index contributed by atoms with van der Waals surface area (Å²) in [5, 5.41) is 8.55. The van der Waals surface area contributed by atoms with E-state index in [2.05, 4.69) is 16.0 Å². The van der Waals surface area contributed by atoms with Crippen LogP contribution in [0.3, 0.4) is 0 Å². The fourth-order valence-electron chi connectivity index (χ4n) is 3.43. The third kappa shape index (κ3) is 7.98. The summed E-state index contributed by atoms with van der Waals surface area (Å²) in [6.45, 7) is 5.75. The van der Waals surface area contributed by atoms with E-state index in [0.717, 1.165) is 15.5 Å². The second-order valence-corrected chi connectivity index (χ2v) is 9.06. The lowest BCUT2D eigenvalue weighted by molar-refractivity contribution is -0.123. The molecule has 3 amide bonds. The van der Waals surface area contributed by atoms with Gasteiger partial charge in [0.25, 0.3) is 0 Å². The molecule has 3 rings (SSSR count). The quantitative estimate of drug-likeness (QED) is 0.369. The van der Waals surface area contributed by atoms with Gasteiger partial charge in [-0.05, 0) is 62.0 Å². The number of hydrogen-bond acceptors (Lipinski definition) is 5. The van der Waals surface area contributed by atoms with Gasteiger partial charge >= 0.3 is 0 Å². The van der Waals surface area contributed by atoms with Crippen molar-refractivity contribution in [2.45, 2.75) is 36.6 Å². The first-order valence-electron chi connectivity index (χ1n) is 11.4. The number of amides is 3. The lowest BCUT2D eigenvalue weighted by Gasteiger charge is -2.26. The Balaban J connectivity index is 1.59. The Kier molecular flexibility index (Phi) is 9.46. The molecule has 182 valence electrons. The first kappa shape index (κ1) is 26.0. The van der Waals surface area contributed by atoms with Gasteiger partial charge in [-0.1, -0.05) is 49.0 Å². The number of rotatable bonds is 10. The number of likely N-dealkylation sites (N-methyl/N-ethyl adjacent to an activating group) is 1. The van der Waals surface area contributed by atoms with E-state index in [0.29, 0.717) is 17.9 Å². The van der Waals surface area contributed by atoms with Crippen LogP contribution in [-0.2, 0) is 14.4 Å². The third-order valence-corrected chi connectivity index (χ3v) is 6.37. The molecule has 0 fully saturated rings. The van der Waals surface area contributed by atoms with Gasteiger partial charge in [-0.15, -0.1) is 0 Å². The van der Waals surface area contributed by atoms with E-state index in [1.54, 1.807) is 43.0 Å². The van der Waals surface area contributed by atoms with Crippen molar-refractivity contribution in [3.8, 4) is 0 Å². The van der Waals surface area contributed by atoms with Crippen molar-refractivity contribution in [2.75, 3.05) is 29.0 Å². The highest BCUT2D eigenvalue weighted by Crippen LogP contribution is 2.33. The SMILES string of the molecule is CCN(CC(=O)Nc1ccc(NC(C)=O)cc1)C(C)C(=O)Nc1ccccc1Sc1ccccc1. The molecule has 0 aliphatic rings. The molecule has 0 spiro atoms. The summed E-state index contributed by atoms with van der Waals surface area (Å²) >= 11 is 1.58. The Labute approximate surface area is 210 Å². The maximum absolute atomic E-state index is 13.1. The number of nitrogens with one attached hydrogen (secondary N) is 3. The van der Waals surface area contributed by atoms with Crippen molar-refractivity contribution in [1.29, 1.82) is 0 Å². The first-order valence-corrected chi connectivity index (χ1v) is 12.2. The number of anilines is 3. The largest absolute Gasteiger partial charge is 0.326 e. The van der Waals surface area contributed by atoms with Crippen LogP contribution in [0.1, 0.15) is 20.8 Å². The van der Waals surface area contributed by atoms with Gasteiger partial charge in [-0.25, -0.2) is 0 Å². The van der Waals surface area contributed by atoms with Crippen LogP contribution in [0, 0.1) is 0 Å². The number of benzene rings is 3. The molecule has 7 nitrogen and oxygen atoms in total. The number of carbonyl (C=O) groups excluding carboxylic acids is 3. The van der Waals surface area contributed by atoms with Crippen LogP contribution in [-0.4, -0.2) is 41.8 Å². The highest BCUT2D eigenvalue weighted by molar-refractivity contribution is 7.99. The highest BCUT2D eigenvalue weighted by atomic mass is 32.2. The highest BCUT2D eigenvalue weighted by Gasteiger charge is 2.23. The summed E-state index contributed by atoms with van der Waals surface area (Å²) < 4.78 is 0. The smallest absolute Gasteiger partial charge is 0.241 e. The average Bonchev–Trinajstić information content (AvgIpc) is 2.85. The first-order chi connectivity index (χ1) is 16.9. The van der Waals surface area contributed by atoms with Crippen LogP contribution >= 0.6 is 11.8 Å². The zero-order valence-electron chi connectivity index (χ0n) is 20.1. The normalized spacial score (nSPS) is 11.5. The van der Waals surface area contributed by atoms with Crippen LogP contribution in [0.15, 0.2) is 88.7 Å². The number of hydrogen-bond donors (Lipinski definition) is 3. The molecule has 0 aromatic heterocycles. The lowest BCUT2D eigenvalue weighted by atomic mass is 10.2. The summed E-state index contributed by atoms with van der Waals surface area (Å²) in [5.74, 6) is -0.562. The van der Waals surface area contributed by atoms with Gasteiger partial charge in [0.1, 0.15) is 0 Å². The zero-order valence-corrected chi connectivity index (χ0v) is 20.9. The lowest BCUT2D eigenvalue weighted by Crippen LogP contribution is -2.45. The minimum atomic E-state index is -0.511. The van der Waals surface area contributed by atoms with E-state index in [1.165, 1.54) is 6.92 Å². The molecule has 8 heteroatoms. The molecule has 0 aliphatic carbocycles. The number of nitrogens with zero attached hydrogens (tertiary/aromatic N) is 1. The predicted octanol–water partition coefficient (Wildman–Crippen LogP) is 5.08. The predicted molar refractivity (Wildman–Crippen MR) is 142 cm³/mol. The van der Waals surface area contributed by atoms with Crippen LogP contribution in [0.2, 0.25) is 0 Å². The van der Waals surface area contributed by atoms with Crippen molar-refractivity contribution in [3.05, 3.63) is 78.9 Å². The minimum Gasteiger partial charge on any atom is -0.326 e. The van der Waals surface area contributed by atoms with Crippen LogP contribution < -0.4 is 16.0 Å². The maximum Gasteiger partial charge on any atom is 0.241 e. The summed E-state index contributed by atoms with van der Waals surface area (Å²) in [7, 11) is 0.